The molecule has 0 aliphatic carbocycles. The summed E-state index contributed by atoms with van der Waals surface area (Å²) in [5, 5.41) is 11.8. The van der Waals surface area contributed by atoms with Gasteiger partial charge < -0.3 is 14.8 Å². The second-order valence-corrected chi connectivity index (χ2v) is 7.16. The molecule has 0 saturated carbocycles. The van der Waals surface area contributed by atoms with Gasteiger partial charge in [0.05, 0.1) is 6.07 Å². The fourth-order valence-electron chi connectivity index (χ4n) is 2.20. The molecular weight excluding hydrogens is 332 g/mol. The first-order chi connectivity index (χ1) is 12.1. The number of benzene rings is 1. The van der Waals surface area contributed by atoms with E-state index in [1.807, 2.05) is 52.8 Å². The van der Waals surface area contributed by atoms with Crippen LogP contribution in [-0.4, -0.2) is 30.6 Å². The molecule has 0 unspecified atom stereocenters. The number of ether oxygens (including phenoxy) is 2. The molecule has 142 valence electrons. The van der Waals surface area contributed by atoms with Crippen molar-refractivity contribution in [3.05, 3.63) is 29.3 Å². The normalized spacial score (nSPS) is 13.0. The number of hydrogen-bond acceptors (Lipinski definition) is 5. The standard InChI is InChI=1S/C20H28N2O4/c1-13(2)16-8-7-15(5)9-17(16)25-11-19(24)26-10-18(23)22-20(6,12-21)14(3)4/h7-9,13-14H,10-11H2,1-6H3,(H,22,23)/t20-/m1/s1. The first-order valence-corrected chi connectivity index (χ1v) is 8.70. The number of carbonyl (C=O) groups is 2. The maximum atomic E-state index is 11.9. The third kappa shape index (κ3) is 6.07. The lowest BCUT2D eigenvalue weighted by molar-refractivity contribution is -0.150. The van der Waals surface area contributed by atoms with Crippen molar-refractivity contribution in [3.8, 4) is 11.8 Å². The average Bonchev–Trinajstić information content (AvgIpc) is 2.57. The van der Waals surface area contributed by atoms with E-state index >= 15 is 0 Å². The van der Waals surface area contributed by atoms with Gasteiger partial charge in [-0.2, -0.15) is 5.26 Å². The topological polar surface area (TPSA) is 88.4 Å². The second-order valence-electron chi connectivity index (χ2n) is 7.16. The van der Waals surface area contributed by atoms with Crippen LogP contribution < -0.4 is 10.1 Å². The third-order valence-electron chi connectivity index (χ3n) is 4.29. The first kappa shape index (κ1) is 21.5. The van der Waals surface area contributed by atoms with Crippen LogP contribution in [0.15, 0.2) is 18.2 Å². The molecule has 0 aliphatic rings. The highest BCUT2D eigenvalue weighted by atomic mass is 16.6. The number of nitrogens with one attached hydrogen (secondary N) is 1. The molecule has 0 spiro atoms. The summed E-state index contributed by atoms with van der Waals surface area (Å²) in [6, 6.07) is 7.91. The Hall–Kier alpha value is -2.55. The lowest BCUT2D eigenvalue weighted by Gasteiger charge is -2.27. The van der Waals surface area contributed by atoms with Gasteiger partial charge in [-0.25, -0.2) is 4.79 Å². The van der Waals surface area contributed by atoms with Gasteiger partial charge in [-0.05, 0) is 42.9 Å². The Morgan fingerprint density at radius 3 is 2.42 bits per heavy atom. The molecule has 1 atom stereocenters. The summed E-state index contributed by atoms with van der Waals surface area (Å²) >= 11 is 0. The predicted molar refractivity (Wildman–Crippen MR) is 98.7 cm³/mol. The van der Waals surface area contributed by atoms with Crippen LogP contribution in [0.25, 0.3) is 0 Å². The fraction of sp³-hybridized carbons (Fsp3) is 0.550. The van der Waals surface area contributed by atoms with E-state index in [1.165, 1.54) is 0 Å². The van der Waals surface area contributed by atoms with E-state index in [-0.39, 0.29) is 18.4 Å². The molecular formula is C20H28N2O4. The van der Waals surface area contributed by atoms with E-state index in [0.717, 1.165) is 11.1 Å². The Kier molecular flexibility index (Phi) is 7.63. The van der Waals surface area contributed by atoms with E-state index in [2.05, 4.69) is 11.4 Å². The lowest BCUT2D eigenvalue weighted by atomic mass is 9.90. The Morgan fingerprint density at radius 2 is 1.88 bits per heavy atom. The van der Waals surface area contributed by atoms with Gasteiger partial charge in [-0.3, -0.25) is 4.79 Å². The molecule has 0 fully saturated rings. The van der Waals surface area contributed by atoms with Crippen LogP contribution in [-0.2, 0) is 14.3 Å². The first-order valence-electron chi connectivity index (χ1n) is 8.70. The summed E-state index contributed by atoms with van der Waals surface area (Å²) in [6.45, 7) is 10.6. The zero-order valence-corrected chi connectivity index (χ0v) is 16.4. The van der Waals surface area contributed by atoms with Gasteiger partial charge >= 0.3 is 5.97 Å². The van der Waals surface area contributed by atoms with Crippen LogP contribution in [0.5, 0.6) is 5.75 Å². The average molecular weight is 360 g/mol. The molecule has 6 heteroatoms. The van der Waals surface area contributed by atoms with Crippen molar-refractivity contribution in [2.75, 3.05) is 13.2 Å². The van der Waals surface area contributed by atoms with Crippen molar-refractivity contribution in [3.63, 3.8) is 0 Å². The molecule has 0 aliphatic heterocycles. The number of nitrogens with zero attached hydrogens (tertiary/aromatic N) is 1. The highest BCUT2D eigenvalue weighted by Gasteiger charge is 2.30. The molecule has 1 aromatic rings. The molecule has 0 heterocycles. The predicted octanol–water partition coefficient (Wildman–Crippen LogP) is 3.09. The van der Waals surface area contributed by atoms with E-state index in [4.69, 9.17) is 9.47 Å². The number of nitriles is 1. The maximum absolute atomic E-state index is 11.9. The maximum Gasteiger partial charge on any atom is 0.344 e. The number of hydrogen-bond donors (Lipinski definition) is 1. The second kappa shape index (κ2) is 9.23. The molecule has 26 heavy (non-hydrogen) atoms. The minimum Gasteiger partial charge on any atom is -0.482 e. The highest BCUT2D eigenvalue weighted by Crippen LogP contribution is 2.27. The largest absolute Gasteiger partial charge is 0.482 e. The molecule has 1 N–H and O–H groups in total. The number of aryl methyl sites for hydroxylation is 1. The van der Waals surface area contributed by atoms with Crippen LogP contribution in [0.2, 0.25) is 0 Å². The van der Waals surface area contributed by atoms with Gasteiger partial charge in [0.2, 0.25) is 0 Å². The van der Waals surface area contributed by atoms with Gasteiger partial charge in [0.15, 0.2) is 13.2 Å². The van der Waals surface area contributed by atoms with Crippen molar-refractivity contribution in [1.29, 1.82) is 5.26 Å². The number of rotatable bonds is 8. The molecule has 0 aromatic heterocycles. The minimum absolute atomic E-state index is 0.0775. The summed E-state index contributed by atoms with van der Waals surface area (Å²) in [7, 11) is 0. The Bertz CT molecular complexity index is 692. The molecule has 1 rings (SSSR count). The number of carbonyl (C=O) groups excluding carboxylic acids is 2. The molecule has 1 amide bonds. The summed E-state index contributed by atoms with van der Waals surface area (Å²) in [5.74, 6) is -0.342. The number of esters is 1. The van der Waals surface area contributed by atoms with Crippen molar-refractivity contribution in [2.45, 2.75) is 53.0 Å². The molecule has 1 aromatic carbocycles. The zero-order chi connectivity index (χ0) is 19.9. The summed E-state index contributed by atoms with van der Waals surface area (Å²) < 4.78 is 10.5. The van der Waals surface area contributed by atoms with Gasteiger partial charge in [-0.1, -0.05) is 39.8 Å². The monoisotopic (exact) mass is 360 g/mol. The lowest BCUT2D eigenvalue weighted by Crippen LogP contribution is -2.50. The van der Waals surface area contributed by atoms with Crippen molar-refractivity contribution in [2.24, 2.45) is 5.92 Å². The summed E-state index contributed by atoms with van der Waals surface area (Å²) in [6.07, 6.45) is 0. The van der Waals surface area contributed by atoms with Crippen molar-refractivity contribution >= 4 is 11.9 Å². The van der Waals surface area contributed by atoms with E-state index in [9.17, 15) is 14.9 Å². The van der Waals surface area contributed by atoms with Crippen LogP contribution in [0.4, 0.5) is 0 Å². The Balaban J connectivity index is 2.55. The van der Waals surface area contributed by atoms with Gasteiger partial charge in [-0.15, -0.1) is 0 Å². The number of amides is 1. The van der Waals surface area contributed by atoms with Crippen LogP contribution in [0.3, 0.4) is 0 Å². The van der Waals surface area contributed by atoms with E-state index in [0.29, 0.717) is 5.75 Å². The van der Waals surface area contributed by atoms with Crippen LogP contribution in [0.1, 0.15) is 51.7 Å². The van der Waals surface area contributed by atoms with Crippen LogP contribution >= 0.6 is 0 Å². The van der Waals surface area contributed by atoms with Gasteiger partial charge in [0, 0.05) is 0 Å². The molecule has 0 radical (unpaired) electrons. The summed E-state index contributed by atoms with van der Waals surface area (Å²) in [4.78, 5) is 23.8. The third-order valence-corrected chi connectivity index (χ3v) is 4.29. The van der Waals surface area contributed by atoms with Gasteiger partial charge in [0.25, 0.3) is 5.91 Å². The van der Waals surface area contributed by atoms with Crippen LogP contribution in [0, 0.1) is 24.2 Å². The molecule has 0 bridgehead atoms. The fourth-order valence-corrected chi connectivity index (χ4v) is 2.20. The van der Waals surface area contributed by atoms with E-state index < -0.39 is 24.0 Å². The Morgan fingerprint density at radius 1 is 1.23 bits per heavy atom. The SMILES string of the molecule is Cc1ccc(C(C)C)c(OCC(=O)OCC(=O)N[C@](C)(C#N)C(C)C)c1. The Labute approximate surface area is 155 Å². The zero-order valence-electron chi connectivity index (χ0n) is 16.4. The smallest absolute Gasteiger partial charge is 0.344 e. The van der Waals surface area contributed by atoms with E-state index in [1.54, 1.807) is 6.92 Å². The molecule has 6 nitrogen and oxygen atoms in total. The van der Waals surface area contributed by atoms with Gasteiger partial charge in [0.1, 0.15) is 11.3 Å². The quantitative estimate of drug-likeness (QED) is 0.720. The molecule has 0 saturated heterocycles. The summed E-state index contributed by atoms with van der Waals surface area (Å²) in [5.41, 5.74) is 1.03. The minimum atomic E-state index is -1.01. The van der Waals surface area contributed by atoms with Crippen molar-refractivity contribution in [1.82, 2.24) is 5.32 Å². The van der Waals surface area contributed by atoms with Crippen molar-refractivity contribution < 1.29 is 19.1 Å². The highest BCUT2D eigenvalue weighted by molar-refractivity contribution is 5.81.